The average molecular weight is 374 g/mol. The molecule has 0 saturated heterocycles. The third kappa shape index (κ3) is 4.58. The number of carbonyl (C=O) groups is 1. The monoisotopic (exact) mass is 374 g/mol. The maximum absolute atomic E-state index is 13.6. The summed E-state index contributed by atoms with van der Waals surface area (Å²) in [5.74, 6) is -0.866. The molecule has 0 bridgehead atoms. The Kier molecular flexibility index (Phi) is 6.69. The number of benzene rings is 2. The molecule has 2 aromatic rings. The van der Waals surface area contributed by atoms with Crippen LogP contribution in [0.25, 0.3) is 0 Å². The summed E-state index contributed by atoms with van der Waals surface area (Å²) < 4.78 is 18.9. The Hall–Kier alpha value is -2.47. The number of anilines is 1. The lowest BCUT2D eigenvalue weighted by atomic mass is 10.0. The fraction of sp³-hybridized carbons (Fsp3) is 0.300. The molecule has 0 spiro atoms. The van der Waals surface area contributed by atoms with Crippen molar-refractivity contribution in [3.05, 3.63) is 64.5 Å². The number of esters is 1. The summed E-state index contributed by atoms with van der Waals surface area (Å²) in [4.78, 5) is 14.3. The van der Waals surface area contributed by atoms with Gasteiger partial charge in [-0.1, -0.05) is 18.2 Å². The normalized spacial score (nSPS) is 10.3. The molecule has 0 heterocycles. The van der Waals surface area contributed by atoms with E-state index in [9.17, 15) is 9.18 Å². The molecule has 0 fully saturated rings. The van der Waals surface area contributed by atoms with Crippen molar-refractivity contribution in [3.8, 4) is 0 Å². The van der Waals surface area contributed by atoms with Crippen molar-refractivity contribution >= 4 is 29.0 Å². The molecule has 6 heteroatoms. The number of ether oxygens (including phenoxy) is 1. The Balaban J connectivity index is 2.12. The maximum Gasteiger partial charge on any atom is 0.338 e. The van der Waals surface area contributed by atoms with Crippen molar-refractivity contribution in [2.24, 2.45) is 0 Å². The highest BCUT2D eigenvalue weighted by Crippen LogP contribution is 2.23. The predicted molar refractivity (Wildman–Crippen MR) is 106 cm³/mol. The van der Waals surface area contributed by atoms with Crippen LogP contribution in [0.5, 0.6) is 0 Å². The average Bonchev–Trinajstić information content (AvgIpc) is 2.63. The SMILES string of the molecule is CCN(C)C(=S)Nc1ccc(C(=O)OCc2ccccc2F)c(C)c1C. The molecule has 1 N–H and O–H groups in total. The van der Waals surface area contributed by atoms with E-state index in [4.69, 9.17) is 17.0 Å². The minimum absolute atomic E-state index is 0.102. The van der Waals surface area contributed by atoms with Gasteiger partial charge in [0.05, 0.1) is 5.56 Å². The first-order valence-corrected chi connectivity index (χ1v) is 8.78. The van der Waals surface area contributed by atoms with Crippen molar-refractivity contribution < 1.29 is 13.9 Å². The second kappa shape index (κ2) is 8.76. The van der Waals surface area contributed by atoms with Gasteiger partial charge in [0.25, 0.3) is 0 Å². The highest BCUT2D eigenvalue weighted by Gasteiger charge is 2.16. The molecule has 0 atom stereocenters. The summed E-state index contributed by atoms with van der Waals surface area (Å²) in [5.41, 5.74) is 3.37. The molecule has 0 aliphatic carbocycles. The van der Waals surface area contributed by atoms with Crippen molar-refractivity contribution in [1.82, 2.24) is 4.90 Å². The van der Waals surface area contributed by atoms with Gasteiger partial charge in [-0.3, -0.25) is 0 Å². The molecule has 2 aromatic carbocycles. The molecule has 0 aromatic heterocycles. The highest BCUT2D eigenvalue weighted by atomic mass is 32.1. The van der Waals surface area contributed by atoms with Crippen LogP contribution in [-0.4, -0.2) is 29.6 Å². The van der Waals surface area contributed by atoms with Gasteiger partial charge in [0, 0.05) is 24.8 Å². The van der Waals surface area contributed by atoms with Gasteiger partial charge in [-0.15, -0.1) is 0 Å². The predicted octanol–water partition coefficient (Wildman–Crippen LogP) is 4.45. The van der Waals surface area contributed by atoms with Crippen LogP contribution >= 0.6 is 12.2 Å². The maximum atomic E-state index is 13.6. The van der Waals surface area contributed by atoms with Gasteiger partial charge in [-0.25, -0.2) is 9.18 Å². The van der Waals surface area contributed by atoms with E-state index in [0.29, 0.717) is 16.2 Å². The van der Waals surface area contributed by atoms with E-state index in [1.165, 1.54) is 6.07 Å². The van der Waals surface area contributed by atoms with Crippen molar-refractivity contribution in [2.45, 2.75) is 27.4 Å². The molecule has 0 aliphatic heterocycles. The number of thiocarbonyl (C=S) groups is 1. The summed E-state index contributed by atoms with van der Waals surface area (Å²) in [7, 11) is 1.91. The molecule has 0 aliphatic rings. The van der Waals surface area contributed by atoms with E-state index in [1.54, 1.807) is 30.3 Å². The lowest BCUT2D eigenvalue weighted by Gasteiger charge is -2.21. The zero-order valence-corrected chi connectivity index (χ0v) is 16.2. The molecule has 26 heavy (non-hydrogen) atoms. The highest BCUT2D eigenvalue weighted by molar-refractivity contribution is 7.80. The van der Waals surface area contributed by atoms with E-state index in [-0.39, 0.29) is 12.4 Å². The van der Waals surface area contributed by atoms with Gasteiger partial charge in [0.2, 0.25) is 0 Å². The van der Waals surface area contributed by atoms with Crippen LogP contribution in [0.3, 0.4) is 0 Å². The Labute approximate surface area is 159 Å². The number of hydrogen-bond acceptors (Lipinski definition) is 3. The summed E-state index contributed by atoms with van der Waals surface area (Å²) >= 11 is 5.34. The molecule has 0 unspecified atom stereocenters. The molecular formula is C20H23FN2O2S. The Morgan fingerprint density at radius 3 is 2.54 bits per heavy atom. The van der Waals surface area contributed by atoms with Crippen LogP contribution in [0.4, 0.5) is 10.1 Å². The third-order valence-corrected chi connectivity index (χ3v) is 4.80. The number of nitrogens with zero attached hydrogens (tertiary/aromatic N) is 1. The summed E-state index contributed by atoms with van der Waals surface area (Å²) in [5, 5.41) is 3.80. The van der Waals surface area contributed by atoms with Crippen LogP contribution in [0.1, 0.15) is 34.0 Å². The Morgan fingerprint density at radius 1 is 1.19 bits per heavy atom. The fourth-order valence-electron chi connectivity index (χ4n) is 2.37. The van der Waals surface area contributed by atoms with Crippen LogP contribution in [0.15, 0.2) is 36.4 Å². The fourth-order valence-corrected chi connectivity index (χ4v) is 2.61. The van der Waals surface area contributed by atoms with E-state index >= 15 is 0 Å². The van der Waals surface area contributed by atoms with E-state index in [1.807, 2.05) is 32.7 Å². The topological polar surface area (TPSA) is 41.6 Å². The summed E-state index contributed by atoms with van der Waals surface area (Å²) in [6, 6.07) is 9.74. The second-order valence-corrected chi connectivity index (χ2v) is 6.41. The molecule has 0 radical (unpaired) electrons. The smallest absolute Gasteiger partial charge is 0.338 e. The quantitative estimate of drug-likeness (QED) is 0.619. The van der Waals surface area contributed by atoms with Gasteiger partial charge in [-0.2, -0.15) is 0 Å². The van der Waals surface area contributed by atoms with E-state index in [2.05, 4.69) is 5.32 Å². The third-order valence-electron chi connectivity index (χ3n) is 4.39. The second-order valence-electron chi connectivity index (χ2n) is 6.02. The minimum atomic E-state index is -0.478. The van der Waals surface area contributed by atoms with Gasteiger partial charge in [0.1, 0.15) is 12.4 Å². The minimum Gasteiger partial charge on any atom is -0.457 e. The molecule has 4 nitrogen and oxygen atoms in total. The standard InChI is InChI=1S/C20H23FN2O2S/c1-5-23(4)20(26)22-18-11-10-16(13(2)14(18)3)19(24)25-12-15-8-6-7-9-17(15)21/h6-11H,5,12H2,1-4H3,(H,22,26). The molecule has 0 amide bonds. The van der Waals surface area contributed by atoms with Crippen LogP contribution < -0.4 is 5.32 Å². The number of carbonyl (C=O) groups excluding carboxylic acids is 1. The Bertz CT molecular complexity index is 823. The van der Waals surface area contributed by atoms with Gasteiger partial charge >= 0.3 is 5.97 Å². The largest absolute Gasteiger partial charge is 0.457 e. The summed E-state index contributed by atoms with van der Waals surface area (Å²) in [6.45, 7) is 6.48. The van der Waals surface area contributed by atoms with Gasteiger partial charge in [-0.05, 0) is 62.3 Å². The van der Waals surface area contributed by atoms with E-state index in [0.717, 1.165) is 23.4 Å². The molecule has 2 rings (SSSR count). The Morgan fingerprint density at radius 2 is 1.88 bits per heavy atom. The first kappa shape index (κ1) is 19.8. The van der Waals surface area contributed by atoms with Crippen LogP contribution in [0.2, 0.25) is 0 Å². The zero-order chi connectivity index (χ0) is 19.3. The van der Waals surface area contributed by atoms with Crippen LogP contribution in [0, 0.1) is 19.7 Å². The number of nitrogens with one attached hydrogen (secondary N) is 1. The molecule has 138 valence electrons. The lowest BCUT2D eigenvalue weighted by Crippen LogP contribution is -2.31. The number of rotatable bonds is 5. The lowest BCUT2D eigenvalue weighted by molar-refractivity contribution is 0.0468. The molecular weight excluding hydrogens is 351 g/mol. The zero-order valence-electron chi connectivity index (χ0n) is 15.4. The van der Waals surface area contributed by atoms with Crippen molar-refractivity contribution in [1.29, 1.82) is 0 Å². The first-order chi connectivity index (χ1) is 12.3. The van der Waals surface area contributed by atoms with Crippen LogP contribution in [-0.2, 0) is 11.3 Å². The van der Waals surface area contributed by atoms with Crippen molar-refractivity contribution in [2.75, 3.05) is 18.9 Å². The van der Waals surface area contributed by atoms with E-state index < -0.39 is 5.97 Å². The first-order valence-electron chi connectivity index (χ1n) is 8.38. The number of hydrogen-bond donors (Lipinski definition) is 1. The van der Waals surface area contributed by atoms with Gasteiger partial charge < -0.3 is 15.0 Å². The summed E-state index contributed by atoms with van der Waals surface area (Å²) in [6.07, 6.45) is 0. The van der Waals surface area contributed by atoms with Gasteiger partial charge in [0.15, 0.2) is 5.11 Å². The number of halogens is 1. The van der Waals surface area contributed by atoms with Crippen molar-refractivity contribution in [3.63, 3.8) is 0 Å². The molecule has 0 saturated carbocycles.